The third kappa shape index (κ3) is 2.55. The minimum absolute atomic E-state index is 0.00880. The molecule has 2 fully saturated rings. The van der Waals surface area contributed by atoms with Crippen molar-refractivity contribution in [3.8, 4) is 0 Å². The first kappa shape index (κ1) is 21.1. The Morgan fingerprint density at radius 2 is 1.96 bits per heavy atom. The van der Waals surface area contributed by atoms with Crippen LogP contribution in [0.1, 0.15) is 34.1 Å². The predicted molar refractivity (Wildman–Crippen MR) is 98.5 cm³/mol. The third-order valence-electron chi connectivity index (χ3n) is 6.53. The molecule has 0 radical (unpaired) electrons. The number of alkyl halides is 1. The Balaban J connectivity index is 2.29. The number of Topliss-reactive ketones (excluding diaryl/α,β-unsaturated/α-hetero) is 2. The number of aliphatic hydroxyl groups is 1. The first-order valence-corrected chi connectivity index (χ1v) is 10.1. The number of ether oxygens (including phenoxy) is 3. The second kappa shape index (κ2) is 6.74. The molecular formula is C19H23BrO8. The molecule has 3 rings (SSSR count). The summed E-state index contributed by atoms with van der Waals surface area (Å²) in [7, 11) is 0. The Morgan fingerprint density at radius 3 is 2.50 bits per heavy atom. The summed E-state index contributed by atoms with van der Waals surface area (Å²) >= 11 is 3.27. The molecule has 6 atom stereocenters. The average Bonchev–Trinajstić information content (AvgIpc) is 2.73. The van der Waals surface area contributed by atoms with Crippen LogP contribution in [-0.4, -0.2) is 64.5 Å². The maximum Gasteiger partial charge on any atom is 0.303 e. The maximum absolute atomic E-state index is 13.0. The molecule has 1 saturated heterocycles. The molecule has 0 spiro atoms. The van der Waals surface area contributed by atoms with Crippen LogP contribution in [-0.2, 0) is 33.4 Å². The van der Waals surface area contributed by atoms with Crippen molar-refractivity contribution in [2.75, 3.05) is 11.9 Å². The van der Waals surface area contributed by atoms with Crippen LogP contribution in [0, 0.1) is 10.8 Å². The molecule has 1 aliphatic heterocycles. The predicted octanol–water partition coefficient (Wildman–Crippen LogP) is 0.869. The zero-order valence-electron chi connectivity index (χ0n) is 16.1. The molecule has 1 N–H and O–H groups in total. The minimum Gasteiger partial charge on any atom is -0.465 e. The summed E-state index contributed by atoms with van der Waals surface area (Å²) in [5.41, 5.74) is -4.10. The van der Waals surface area contributed by atoms with Gasteiger partial charge in [0.05, 0.1) is 11.5 Å². The van der Waals surface area contributed by atoms with Crippen molar-refractivity contribution in [2.24, 2.45) is 10.8 Å². The van der Waals surface area contributed by atoms with Crippen molar-refractivity contribution >= 4 is 39.4 Å². The average molecular weight is 459 g/mol. The van der Waals surface area contributed by atoms with Crippen molar-refractivity contribution in [1.29, 1.82) is 0 Å². The lowest BCUT2D eigenvalue weighted by molar-refractivity contribution is -0.288. The number of carbonyl (C=O) groups is 4. The van der Waals surface area contributed by atoms with Crippen LogP contribution >= 0.6 is 15.9 Å². The molecule has 28 heavy (non-hydrogen) atoms. The normalized spacial score (nSPS) is 41.9. The maximum atomic E-state index is 13.0. The number of esters is 2. The summed E-state index contributed by atoms with van der Waals surface area (Å²) < 4.78 is 16.7. The Labute approximate surface area is 170 Å². The van der Waals surface area contributed by atoms with Crippen LogP contribution in [0.3, 0.4) is 0 Å². The molecule has 1 saturated carbocycles. The molecule has 0 amide bonds. The molecule has 154 valence electrons. The number of rotatable bonds is 4. The Morgan fingerprint density at radius 1 is 1.32 bits per heavy atom. The Kier molecular flexibility index (Phi) is 5.09. The molecule has 0 aromatic heterocycles. The Hall–Kier alpha value is -1.58. The third-order valence-corrected chi connectivity index (χ3v) is 7.38. The lowest BCUT2D eigenvalue weighted by Crippen LogP contribution is -2.74. The number of carbonyl (C=O) groups excluding carboxylic acids is 4. The molecule has 0 aromatic carbocycles. The summed E-state index contributed by atoms with van der Waals surface area (Å²) in [6.07, 6.45) is -1.90. The molecule has 0 unspecified atom stereocenters. The van der Waals surface area contributed by atoms with Gasteiger partial charge in [-0.05, 0) is 18.6 Å². The highest BCUT2D eigenvalue weighted by atomic mass is 79.9. The highest BCUT2D eigenvalue weighted by Crippen LogP contribution is 2.66. The first-order chi connectivity index (χ1) is 12.9. The molecule has 3 aliphatic rings. The molecule has 2 aliphatic carbocycles. The van der Waals surface area contributed by atoms with Gasteiger partial charge in [0.15, 0.2) is 17.7 Å². The van der Waals surface area contributed by atoms with E-state index in [0.29, 0.717) is 5.57 Å². The topological polar surface area (TPSA) is 116 Å². The molecule has 2 bridgehead atoms. The summed E-state index contributed by atoms with van der Waals surface area (Å²) in [5.74, 6) is -2.10. The van der Waals surface area contributed by atoms with E-state index in [0.717, 1.165) is 0 Å². The van der Waals surface area contributed by atoms with Gasteiger partial charge in [0, 0.05) is 31.0 Å². The van der Waals surface area contributed by atoms with Crippen molar-refractivity contribution in [2.45, 2.75) is 58.0 Å². The van der Waals surface area contributed by atoms with Gasteiger partial charge in [-0.25, -0.2) is 0 Å². The van der Waals surface area contributed by atoms with E-state index in [1.807, 2.05) is 0 Å². The van der Waals surface area contributed by atoms with Crippen LogP contribution in [0.15, 0.2) is 11.6 Å². The van der Waals surface area contributed by atoms with Crippen LogP contribution in [0.2, 0.25) is 0 Å². The van der Waals surface area contributed by atoms with Crippen LogP contribution in [0.4, 0.5) is 0 Å². The number of ketones is 2. The second-order valence-corrected chi connectivity index (χ2v) is 8.55. The number of fused-ring (bicyclic) bond motifs is 4. The molecule has 9 heteroatoms. The molecule has 0 aromatic rings. The highest BCUT2D eigenvalue weighted by molar-refractivity contribution is 9.09. The summed E-state index contributed by atoms with van der Waals surface area (Å²) in [5, 5.41) is 11.5. The van der Waals surface area contributed by atoms with Gasteiger partial charge in [0.1, 0.15) is 18.3 Å². The quantitative estimate of drug-likeness (QED) is 0.487. The van der Waals surface area contributed by atoms with Gasteiger partial charge in [-0.1, -0.05) is 22.9 Å². The number of hydrogen-bond donors (Lipinski definition) is 1. The van der Waals surface area contributed by atoms with Crippen molar-refractivity contribution in [3.63, 3.8) is 0 Å². The van der Waals surface area contributed by atoms with E-state index >= 15 is 0 Å². The Bertz CT molecular complexity index is 791. The van der Waals surface area contributed by atoms with E-state index < -0.39 is 52.5 Å². The smallest absolute Gasteiger partial charge is 0.303 e. The van der Waals surface area contributed by atoms with Gasteiger partial charge in [-0.2, -0.15) is 0 Å². The van der Waals surface area contributed by atoms with Gasteiger partial charge < -0.3 is 19.3 Å². The largest absolute Gasteiger partial charge is 0.465 e. The summed E-state index contributed by atoms with van der Waals surface area (Å²) in [4.78, 5) is 49.2. The van der Waals surface area contributed by atoms with Gasteiger partial charge in [0.2, 0.25) is 0 Å². The van der Waals surface area contributed by atoms with Crippen LogP contribution < -0.4 is 0 Å². The fourth-order valence-corrected chi connectivity index (χ4v) is 5.86. The van der Waals surface area contributed by atoms with Gasteiger partial charge >= 0.3 is 11.9 Å². The van der Waals surface area contributed by atoms with Crippen molar-refractivity contribution < 1.29 is 38.5 Å². The van der Waals surface area contributed by atoms with E-state index in [9.17, 15) is 24.3 Å². The standard InChI is InChI=1S/C19H23BrO8/c1-9-5-13-18(8-26-10(2)21,16(14(9)24)27-11(3)22)17(4)6-12(23)15(28-13)19(17,25)7-20/h5,13,15-16,25H,6-8H2,1-4H3/t13-,15-,16-,17-,18-,19+/m1/s1. The summed E-state index contributed by atoms with van der Waals surface area (Å²) in [6.45, 7) is 5.25. The number of halogens is 1. The van der Waals surface area contributed by atoms with E-state index in [1.165, 1.54) is 13.8 Å². The highest BCUT2D eigenvalue weighted by Gasteiger charge is 2.79. The van der Waals surface area contributed by atoms with Crippen molar-refractivity contribution in [1.82, 2.24) is 0 Å². The van der Waals surface area contributed by atoms with Gasteiger partial charge in [-0.15, -0.1) is 0 Å². The van der Waals surface area contributed by atoms with Gasteiger partial charge in [0.25, 0.3) is 0 Å². The monoisotopic (exact) mass is 458 g/mol. The first-order valence-electron chi connectivity index (χ1n) is 8.94. The lowest BCUT2D eigenvalue weighted by Gasteiger charge is -2.61. The summed E-state index contributed by atoms with van der Waals surface area (Å²) in [6, 6.07) is 0. The van der Waals surface area contributed by atoms with Crippen molar-refractivity contribution in [3.05, 3.63) is 11.6 Å². The van der Waals surface area contributed by atoms with Crippen LogP contribution in [0.25, 0.3) is 0 Å². The SMILES string of the molecule is CC(=O)OC[C@]12[C@H](OC(C)=O)C(=O)C(C)=C[C@H]1O[C@@H]1C(=O)C[C@@]2(C)[C@]1(O)CBr. The second-order valence-electron chi connectivity index (χ2n) is 7.99. The molecular weight excluding hydrogens is 436 g/mol. The fraction of sp³-hybridized carbons (Fsp3) is 0.684. The zero-order chi connectivity index (χ0) is 21.1. The molecule has 8 nitrogen and oxygen atoms in total. The fourth-order valence-electron chi connectivity index (χ4n) is 4.94. The lowest BCUT2D eigenvalue weighted by atomic mass is 9.49. The van der Waals surface area contributed by atoms with E-state index in [4.69, 9.17) is 14.2 Å². The zero-order valence-corrected chi connectivity index (χ0v) is 17.7. The minimum atomic E-state index is -1.68. The molecule has 1 heterocycles. The van der Waals surface area contributed by atoms with Crippen LogP contribution in [0.5, 0.6) is 0 Å². The van der Waals surface area contributed by atoms with E-state index in [-0.39, 0.29) is 24.1 Å². The van der Waals surface area contributed by atoms with E-state index in [1.54, 1.807) is 19.9 Å². The number of hydrogen-bond acceptors (Lipinski definition) is 8. The van der Waals surface area contributed by atoms with E-state index in [2.05, 4.69) is 15.9 Å². The van der Waals surface area contributed by atoms with Gasteiger partial charge in [-0.3, -0.25) is 19.2 Å².